The summed E-state index contributed by atoms with van der Waals surface area (Å²) >= 11 is 7.51. The molecule has 1 aromatic carbocycles. The molecule has 0 saturated heterocycles. The molecular weight excluding hydrogens is 240 g/mol. The molecule has 0 fully saturated rings. The van der Waals surface area contributed by atoms with Crippen molar-refractivity contribution in [2.75, 3.05) is 5.73 Å². The molecule has 1 aromatic heterocycles. The van der Waals surface area contributed by atoms with Crippen LogP contribution in [0.3, 0.4) is 0 Å². The van der Waals surface area contributed by atoms with Crippen LogP contribution in [0.25, 0.3) is 10.1 Å². The Hall–Kier alpha value is -1.24. The van der Waals surface area contributed by atoms with Crippen LogP contribution >= 0.6 is 22.9 Å². The van der Waals surface area contributed by atoms with E-state index in [0.29, 0.717) is 21.5 Å². The van der Waals surface area contributed by atoms with Gasteiger partial charge in [-0.2, -0.15) is 5.26 Å². The van der Waals surface area contributed by atoms with Crippen LogP contribution in [0, 0.1) is 11.3 Å². The van der Waals surface area contributed by atoms with E-state index in [0.717, 1.165) is 15.6 Å². The van der Waals surface area contributed by atoms with Gasteiger partial charge in [-0.1, -0.05) is 31.5 Å². The van der Waals surface area contributed by atoms with Crippen molar-refractivity contribution in [1.29, 1.82) is 5.26 Å². The molecule has 0 bridgehead atoms. The zero-order valence-electron chi connectivity index (χ0n) is 9.04. The van der Waals surface area contributed by atoms with Crippen LogP contribution in [0.2, 0.25) is 5.02 Å². The van der Waals surface area contributed by atoms with E-state index in [-0.39, 0.29) is 0 Å². The van der Waals surface area contributed by atoms with E-state index >= 15 is 0 Å². The Kier molecular flexibility index (Phi) is 2.79. The maximum Gasteiger partial charge on any atom is 0.105 e. The second kappa shape index (κ2) is 3.97. The number of nitriles is 1. The predicted octanol–water partition coefficient (Wildman–Crippen LogP) is 4.13. The van der Waals surface area contributed by atoms with Gasteiger partial charge in [-0.05, 0) is 17.5 Å². The smallest absolute Gasteiger partial charge is 0.105 e. The number of fused-ring (bicyclic) bond motifs is 1. The monoisotopic (exact) mass is 250 g/mol. The van der Waals surface area contributed by atoms with Crippen LogP contribution in [0.4, 0.5) is 5.00 Å². The number of halogens is 1. The summed E-state index contributed by atoms with van der Waals surface area (Å²) < 4.78 is 0.918. The second-order valence-electron chi connectivity index (χ2n) is 3.95. The lowest BCUT2D eigenvalue weighted by Gasteiger charge is -2.08. The molecule has 0 aliphatic heterocycles. The van der Waals surface area contributed by atoms with Gasteiger partial charge in [-0.3, -0.25) is 0 Å². The molecule has 2 rings (SSSR count). The molecule has 16 heavy (non-hydrogen) atoms. The summed E-state index contributed by atoms with van der Waals surface area (Å²) in [5.41, 5.74) is 7.53. The van der Waals surface area contributed by atoms with Gasteiger partial charge in [0.1, 0.15) is 11.1 Å². The first kappa shape index (κ1) is 11.3. The van der Waals surface area contributed by atoms with Crippen molar-refractivity contribution in [3.05, 3.63) is 28.3 Å². The number of nitrogens with zero attached hydrogens (tertiary/aromatic N) is 1. The highest BCUT2D eigenvalue weighted by Crippen LogP contribution is 2.41. The fourth-order valence-electron chi connectivity index (χ4n) is 1.81. The Morgan fingerprint density at radius 3 is 2.69 bits per heavy atom. The van der Waals surface area contributed by atoms with Crippen LogP contribution in [0.15, 0.2) is 12.1 Å². The van der Waals surface area contributed by atoms with Gasteiger partial charge in [0.2, 0.25) is 0 Å². The Bertz CT molecular complexity index is 593. The maximum atomic E-state index is 9.14. The van der Waals surface area contributed by atoms with Gasteiger partial charge < -0.3 is 5.73 Å². The number of benzene rings is 1. The number of rotatable bonds is 1. The van der Waals surface area contributed by atoms with Crippen molar-refractivity contribution in [3.8, 4) is 6.07 Å². The highest BCUT2D eigenvalue weighted by molar-refractivity contribution is 7.23. The van der Waals surface area contributed by atoms with Gasteiger partial charge in [-0.25, -0.2) is 0 Å². The van der Waals surface area contributed by atoms with Gasteiger partial charge in [0.05, 0.1) is 15.3 Å². The third-order valence-corrected chi connectivity index (χ3v) is 4.06. The van der Waals surface area contributed by atoms with Crippen LogP contribution in [-0.2, 0) is 0 Å². The molecule has 2 nitrogen and oxygen atoms in total. The summed E-state index contributed by atoms with van der Waals surface area (Å²) in [5.74, 6) is 0.348. The summed E-state index contributed by atoms with van der Waals surface area (Å²) in [4.78, 5) is 0. The molecule has 4 heteroatoms. The Morgan fingerprint density at radius 2 is 2.12 bits per heavy atom. The molecule has 0 saturated carbocycles. The Labute approximate surface area is 103 Å². The first-order valence-corrected chi connectivity index (χ1v) is 6.16. The van der Waals surface area contributed by atoms with Crippen molar-refractivity contribution < 1.29 is 0 Å². The minimum absolute atomic E-state index is 0.348. The Morgan fingerprint density at radius 1 is 1.44 bits per heavy atom. The highest BCUT2D eigenvalue weighted by atomic mass is 35.5. The fourth-order valence-corrected chi connectivity index (χ4v) is 3.04. The molecule has 0 amide bonds. The van der Waals surface area contributed by atoms with E-state index in [2.05, 4.69) is 19.9 Å². The van der Waals surface area contributed by atoms with Crippen LogP contribution < -0.4 is 5.73 Å². The number of anilines is 1. The molecule has 0 radical (unpaired) electrons. The second-order valence-corrected chi connectivity index (χ2v) is 5.41. The molecule has 0 aliphatic rings. The van der Waals surface area contributed by atoms with E-state index < -0.39 is 0 Å². The van der Waals surface area contributed by atoms with Crippen molar-refractivity contribution in [2.24, 2.45) is 0 Å². The lowest BCUT2D eigenvalue weighted by Crippen LogP contribution is -1.90. The van der Waals surface area contributed by atoms with Crippen molar-refractivity contribution in [1.82, 2.24) is 0 Å². The molecule has 0 atom stereocenters. The van der Waals surface area contributed by atoms with Gasteiger partial charge in [-0.15, -0.1) is 11.3 Å². The molecule has 82 valence electrons. The Balaban J connectivity index is 2.96. The minimum atomic E-state index is 0.348. The molecule has 1 heterocycles. The van der Waals surface area contributed by atoms with E-state index in [1.807, 2.05) is 12.1 Å². The summed E-state index contributed by atoms with van der Waals surface area (Å²) in [6.45, 7) is 4.19. The normalized spacial score (nSPS) is 10.9. The van der Waals surface area contributed by atoms with E-state index in [9.17, 15) is 0 Å². The van der Waals surface area contributed by atoms with Crippen molar-refractivity contribution in [3.63, 3.8) is 0 Å². The summed E-state index contributed by atoms with van der Waals surface area (Å²) in [7, 11) is 0. The number of hydrogen-bond acceptors (Lipinski definition) is 3. The quantitative estimate of drug-likeness (QED) is 0.827. The largest absolute Gasteiger partial charge is 0.389 e. The minimum Gasteiger partial charge on any atom is -0.389 e. The first-order valence-electron chi connectivity index (χ1n) is 4.96. The number of hydrogen-bond donors (Lipinski definition) is 1. The van der Waals surface area contributed by atoms with Crippen LogP contribution in [0.5, 0.6) is 0 Å². The standard InChI is InChI=1S/C12H11ClN2S/c1-6(2)7-3-4-9(13)11-10(7)8(5-14)12(15)16-11/h3-4,6H,15H2,1-2H3. The van der Waals surface area contributed by atoms with Crippen LogP contribution in [-0.4, -0.2) is 0 Å². The summed E-state index contributed by atoms with van der Waals surface area (Å²) in [5, 5.41) is 11.3. The average molecular weight is 251 g/mol. The van der Waals surface area contributed by atoms with E-state index in [1.54, 1.807) is 0 Å². The SMILES string of the molecule is CC(C)c1ccc(Cl)c2sc(N)c(C#N)c12. The third-order valence-electron chi connectivity index (χ3n) is 2.58. The highest BCUT2D eigenvalue weighted by Gasteiger charge is 2.17. The third kappa shape index (κ3) is 1.55. The summed E-state index contributed by atoms with van der Waals surface area (Å²) in [6, 6.07) is 6.01. The molecule has 0 unspecified atom stereocenters. The zero-order valence-corrected chi connectivity index (χ0v) is 10.6. The first-order chi connectivity index (χ1) is 7.56. The lowest BCUT2D eigenvalue weighted by molar-refractivity contribution is 0.876. The van der Waals surface area contributed by atoms with E-state index in [1.165, 1.54) is 11.3 Å². The molecule has 0 spiro atoms. The lowest BCUT2D eigenvalue weighted by atomic mass is 9.97. The predicted molar refractivity (Wildman–Crippen MR) is 70.1 cm³/mol. The average Bonchev–Trinajstić information content (AvgIpc) is 2.55. The van der Waals surface area contributed by atoms with Crippen LogP contribution in [0.1, 0.15) is 30.9 Å². The van der Waals surface area contributed by atoms with Crippen molar-refractivity contribution in [2.45, 2.75) is 19.8 Å². The van der Waals surface area contributed by atoms with Crippen molar-refractivity contribution >= 4 is 38.0 Å². The number of nitrogens with two attached hydrogens (primary N) is 1. The molecule has 2 N–H and O–H groups in total. The van der Waals surface area contributed by atoms with Gasteiger partial charge in [0.15, 0.2) is 0 Å². The molecular formula is C12H11ClN2S. The van der Waals surface area contributed by atoms with E-state index in [4.69, 9.17) is 22.6 Å². The number of nitrogen functional groups attached to an aromatic ring is 1. The van der Waals surface area contributed by atoms with Gasteiger partial charge in [0.25, 0.3) is 0 Å². The number of thiophene rings is 1. The maximum absolute atomic E-state index is 9.14. The fraction of sp³-hybridized carbons (Fsp3) is 0.250. The molecule has 0 aliphatic carbocycles. The zero-order chi connectivity index (χ0) is 11.9. The molecule has 2 aromatic rings. The van der Waals surface area contributed by atoms with Gasteiger partial charge in [0, 0.05) is 5.39 Å². The topological polar surface area (TPSA) is 49.8 Å². The van der Waals surface area contributed by atoms with Gasteiger partial charge >= 0.3 is 0 Å². The summed E-state index contributed by atoms with van der Waals surface area (Å²) in [6.07, 6.45) is 0.